The normalized spacial score (nSPS) is 20.1. The maximum Gasteiger partial charge on any atom is 0.123 e. The molecule has 4 heteroatoms. The van der Waals surface area contributed by atoms with Crippen molar-refractivity contribution in [1.82, 2.24) is 0 Å². The van der Waals surface area contributed by atoms with Gasteiger partial charge in [0.05, 0.1) is 6.10 Å². The Kier molecular flexibility index (Phi) is 4.96. The Balaban J connectivity index is 1.88. The molecule has 2 aromatic carbocycles. The average molecular weight is 313 g/mol. The molecule has 4 nitrogen and oxygen atoms in total. The highest BCUT2D eigenvalue weighted by molar-refractivity contribution is 5.48. The van der Waals surface area contributed by atoms with E-state index in [4.69, 9.17) is 10.5 Å². The molecule has 2 aromatic rings. The van der Waals surface area contributed by atoms with Crippen LogP contribution in [0.5, 0.6) is 5.75 Å². The molecule has 0 spiro atoms. The van der Waals surface area contributed by atoms with Crippen molar-refractivity contribution in [2.75, 3.05) is 6.61 Å². The van der Waals surface area contributed by atoms with Crippen LogP contribution < -0.4 is 10.5 Å². The van der Waals surface area contributed by atoms with Crippen LogP contribution >= 0.6 is 0 Å². The molecule has 1 aliphatic rings. The summed E-state index contributed by atoms with van der Waals surface area (Å²) in [6, 6.07) is 13.6. The summed E-state index contributed by atoms with van der Waals surface area (Å²) in [5, 5.41) is 19.7. The molecule has 0 amide bonds. The fourth-order valence-electron chi connectivity index (χ4n) is 3.22. The minimum atomic E-state index is -0.639. The Morgan fingerprint density at radius 2 is 1.91 bits per heavy atom. The largest absolute Gasteiger partial charge is 0.489 e. The molecule has 0 heterocycles. The lowest BCUT2D eigenvalue weighted by Crippen LogP contribution is -2.33. The van der Waals surface area contributed by atoms with E-state index in [1.54, 1.807) is 0 Å². The number of nitrogens with two attached hydrogens (primary N) is 1. The molecule has 122 valence electrons. The second-order valence-electron chi connectivity index (χ2n) is 6.01. The van der Waals surface area contributed by atoms with Gasteiger partial charge in [0.2, 0.25) is 0 Å². The zero-order valence-electron chi connectivity index (χ0n) is 13.1. The highest BCUT2D eigenvalue weighted by atomic mass is 16.5. The number of aliphatic hydroxyl groups is 2. The molecule has 0 aromatic heterocycles. The summed E-state index contributed by atoms with van der Waals surface area (Å²) in [6.45, 7) is 0.542. The Bertz CT molecular complexity index is 657. The molecular formula is C19H23NO3. The number of fused-ring (bicyclic) bond motifs is 1. The predicted molar refractivity (Wildman–Crippen MR) is 89.3 cm³/mol. The van der Waals surface area contributed by atoms with E-state index in [1.165, 1.54) is 0 Å². The van der Waals surface area contributed by atoms with Crippen LogP contribution in [0.3, 0.4) is 0 Å². The van der Waals surface area contributed by atoms with Gasteiger partial charge in [-0.25, -0.2) is 0 Å². The Labute approximate surface area is 136 Å². The van der Waals surface area contributed by atoms with Gasteiger partial charge in [0, 0.05) is 12.6 Å². The zero-order valence-corrected chi connectivity index (χ0v) is 13.1. The van der Waals surface area contributed by atoms with Crippen LogP contribution in [0.25, 0.3) is 0 Å². The summed E-state index contributed by atoms with van der Waals surface area (Å²) in [5.74, 6) is 0.782. The molecule has 2 unspecified atom stereocenters. The van der Waals surface area contributed by atoms with Crippen molar-refractivity contribution in [2.45, 2.75) is 38.0 Å². The third-order valence-electron chi connectivity index (χ3n) is 4.48. The topological polar surface area (TPSA) is 75.7 Å². The molecule has 1 aliphatic carbocycles. The average Bonchev–Trinajstić information content (AvgIpc) is 2.58. The maximum atomic E-state index is 10.3. The van der Waals surface area contributed by atoms with Crippen LogP contribution in [0.15, 0.2) is 42.5 Å². The second kappa shape index (κ2) is 7.13. The van der Waals surface area contributed by atoms with Gasteiger partial charge in [-0.3, -0.25) is 0 Å². The van der Waals surface area contributed by atoms with Crippen LogP contribution in [-0.2, 0) is 19.4 Å². The lowest BCUT2D eigenvalue weighted by molar-refractivity contribution is 0.133. The van der Waals surface area contributed by atoms with Crippen molar-refractivity contribution < 1.29 is 14.9 Å². The van der Waals surface area contributed by atoms with Gasteiger partial charge in [-0.2, -0.15) is 0 Å². The minimum Gasteiger partial charge on any atom is -0.489 e. The fourth-order valence-corrected chi connectivity index (χ4v) is 3.22. The molecule has 4 N–H and O–H groups in total. The first-order chi connectivity index (χ1) is 11.2. The highest BCUT2D eigenvalue weighted by Gasteiger charge is 2.28. The molecule has 2 atom stereocenters. The smallest absolute Gasteiger partial charge is 0.123 e. The Morgan fingerprint density at radius 1 is 1.13 bits per heavy atom. The summed E-state index contributed by atoms with van der Waals surface area (Å²) in [4.78, 5) is 0. The fraction of sp³-hybridized carbons (Fsp3) is 0.368. The summed E-state index contributed by atoms with van der Waals surface area (Å²) in [7, 11) is 0. The number of rotatable bonds is 5. The van der Waals surface area contributed by atoms with Crippen LogP contribution in [0.4, 0.5) is 0 Å². The first kappa shape index (κ1) is 16.0. The van der Waals surface area contributed by atoms with Crippen LogP contribution in [0, 0.1) is 0 Å². The molecular weight excluding hydrogens is 290 g/mol. The van der Waals surface area contributed by atoms with E-state index in [1.807, 2.05) is 42.5 Å². The first-order valence-corrected chi connectivity index (χ1v) is 8.06. The van der Waals surface area contributed by atoms with Gasteiger partial charge in [0.1, 0.15) is 12.4 Å². The van der Waals surface area contributed by atoms with Gasteiger partial charge in [-0.1, -0.05) is 36.4 Å². The monoisotopic (exact) mass is 313 g/mol. The molecule has 0 bridgehead atoms. The predicted octanol–water partition coefficient (Wildman–Crippen LogP) is 2.11. The molecule has 23 heavy (non-hydrogen) atoms. The molecule has 0 fully saturated rings. The molecule has 0 aliphatic heterocycles. The summed E-state index contributed by atoms with van der Waals surface area (Å²) in [6.07, 6.45) is 1.44. The second-order valence-corrected chi connectivity index (χ2v) is 6.01. The maximum absolute atomic E-state index is 10.3. The summed E-state index contributed by atoms with van der Waals surface area (Å²) in [5.41, 5.74) is 10.0. The van der Waals surface area contributed by atoms with Crippen molar-refractivity contribution in [3.8, 4) is 5.75 Å². The minimum absolute atomic E-state index is 0.0559. The van der Waals surface area contributed by atoms with Gasteiger partial charge >= 0.3 is 0 Å². The summed E-state index contributed by atoms with van der Waals surface area (Å²) < 4.78 is 5.98. The van der Waals surface area contributed by atoms with E-state index in [0.29, 0.717) is 13.0 Å². The van der Waals surface area contributed by atoms with E-state index < -0.39 is 6.10 Å². The number of hydrogen-bond acceptors (Lipinski definition) is 4. The molecule has 0 saturated heterocycles. The van der Waals surface area contributed by atoms with Gasteiger partial charge in [0.15, 0.2) is 0 Å². The van der Waals surface area contributed by atoms with Crippen LogP contribution in [0.1, 0.15) is 34.8 Å². The molecule has 0 saturated carbocycles. The molecule has 0 radical (unpaired) electrons. The number of aliphatic hydroxyl groups excluding tert-OH is 2. The number of benzene rings is 2. The van der Waals surface area contributed by atoms with E-state index >= 15 is 0 Å². The van der Waals surface area contributed by atoms with Gasteiger partial charge < -0.3 is 20.7 Å². The third kappa shape index (κ3) is 3.39. The van der Waals surface area contributed by atoms with Crippen molar-refractivity contribution in [3.05, 3.63) is 64.7 Å². The third-order valence-corrected chi connectivity index (χ3v) is 4.48. The zero-order chi connectivity index (χ0) is 16.2. The SMILES string of the molecule is NC1CCc2c(ccc(OCc3ccccc3)c2CCO)C1O. The lowest BCUT2D eigenvalue weighted by atomic mass is 9.82. The van der Waals surface area contributed by atoms with Crippen molar-refractivity contribution >= 4 is 0 Å². The van der Waals surface area contributed by atoms with E-state index in [-0.39, 0.29) is 12.6 Å². The Morgan fingerprint density at radius 3 is 2.65 bits per heavy atom. The van der Waals surface area contributed by atoms with Crippen molar-refractivity contribution in [1.29, 1.82) is 0 Å². The van der Waals surface area contributed by atoms with Crippen molar-refractivity contribution in [2.24, 2.45) is 5.73 Å². The Hall–Kier alpha value is -1.88. The van der Waals surface area contributed by atoms with E-state index in [0.717, 1.165) is 40.8 Å². The van der Waals surface area contributed by atoms with E-state index in [9.17, 15) is 10.2 Å². The van der Waals surface area contributed by atoms with Gasteiger partial charge in [-0.15, -0.1) is 0 Å². The number of ether oxygens (including phenoxy) is 1. The standard InChI is InChI=1S/C19H23NO3/c20-17-8-6-14-15(10-11-21)18(9-7-16(14)19(17)22)23-12-13-4-2-1-3-5-13/h1-5,7,9,17,19,21-22H,6,8,10-12,20H2. The van der Waals surface area contributed by atoms with Crippen LogP contribution in [-0.4, -0.2) is 22.9 Å². The first-order valence-electron chi connectivity index (χ1n) is 8.06. The lowest BCUT2D eigenvalue weighted by Gasteiger charge is -2.30. The molecule has 3 rings (SSSR count). The van der Waals surface area contributed by atoms with Crippen LogP contribution in [0.2, 0.25) is 0 Å². The van der Waals surface area contributed by atoms with Crippen molar-refractivity contribution in [3.63, 3.8) is 0 Å². The summed E-state index contributed by atoms with van der Waals surface area (Å²) >= 11 is 0. The quantitative estimate of drug-likeness (QED) is 0.790. The highest BCUT2D eigenvalue weighted by Crippen LogP contribution is 2.36. The van der Waals surface area contributed by atoms with Gasteiger partial charge in [-0.05, 0) is 47.6 Å². The van der Waals surface area contributed by atoms with Gasteiger partial charge in [0.25, 0.3) is 0 Å². The van der Waals surface area contributed by atoms with E-state index in [2.05, 4.69) is 0 Å². The number of hydrogen-bond donors (Lipinski definition) is 3.